The van der Waals surface area contributed by atoms with Gasteiger partial charge in [-0.1, -0.05) is 30.3 Å². The molecule has 0 fully saturated rings. The molecule has 0 aliphatic rings. The van der Waals surface area contributed by atoms with Crippen molar-refractivity contribution in [3.05, 3.63) is 62.5 Å². The molecule has 1 nitrogen and oxygen atoms in total. The number of hydrogen-bond donors (Lipinski definition) is 1. The van der Waals surface area contributed by atoms with E-state index in [0.29, 0.717) is 0 Å². The second kappa shape index (κ2) is 5.69. The Labute approximate surface area is 118 Å². The van der Waals surface area contributed by atoms with Gasteiger partial charge in [0.15, 0.2) is 0 Å². The highest BCUT2D eigenvalue weighted by Gasteiger charge is 2.05. The Balaban J connectivity index is 2.10. The standard InChI is InChI=1S/C14H12Br2O/c15-12-8-11(9-13(16)14(12)17)7-6-10-4-2-1-3-5-10/h1-5,8-9,17H,6-7H2. The fraction of sp³-hybridized carbons (Fsp3) is 0.143. The van der Waals surface area contributed by atoms with Gasteiger partial charge in [0.2, 0.25) is 0 Å². The molecule has 0 heterocycles. The first-order valence-electron chi connectivity index (χ1n) is 5.37. The van der Waals surface area contributed by atoms with Crippen molar-refractivity contribution in [2.75, 3.05) is 0 Å². The van der Waals surface area contributed by atoms with Crippen molar-refractivity contribution >= 4 is 31.9 Å². The Morgan fingerprint density at radius 3 is 1.94 bits per heavy atom. The van der Waals surface area contributed by atoms with E-state index >= 15 is 0 Å². The maximum absolute atomic E-state index is 9.62. The van der Waals surface area contributed by atoms with E-state index in [0.717, 1.165) is 21.8 Å². The fourth-order valence-electron chi connectivity index (χ4n) is 1.70. The monoisotopic (exact) mass is 354 g/mol. The van der Waals surface area contributed by atoms with Crippen LogP contribution >= 0.6 is 31.9 Å². The average molecular weight is 356 g/mol. The van der Waals surface area contributed by atoms with Gasteiger partial charge in [-0.2, -0.15) is 0 Å². The Morgan fingerprint density at radius 2 is 1.35 bits per heavy atom. The van der Waals surface area contributed by atoms with Crippen LogP contribution in [-0.4, -0.2) is 5.11 Å². The zero-order chi connectivity index (χ0) is 12.3. The van der Waals surface area contributed by atoms with Crippen LogP contribution in [-0.2, 0) is 12.8 Å². The zero-order valence-corrected chi connectivity index (χ0v) is 12.3. The molecule has 0 saturated carbocycles. The van der Waals surface area contributed by atoms with Gasteiger partial charge in [0, 0.05) is 0 Å². The molecule has 1 N–H and O–H groups in total. The Morgan fingerprint density at radius 1 is 0.824 bits per heavy atom. The van der Waals surface area contributed by atoms with Crippen molar-refractivity contribution in [3.8, 4) is 5.75 Å². The van der Waals surface area contributed by atoms with Crippen LogP contribution in [0, 0.1) is 0 Å². The van der Waals surface area contributed by atoms with Gasteiger partial charge < -0.3 is 5.11 Å². The molecule has 0 radical (unpaired) electrons. The van der Waals surface area contributed by atoms with E-state index < -0.39 is 0 Å². The number of phenols is 1. The predicted molar refractivity (Wildman–Crippen MR) is 77.4 cm³/mol. The van der Waals surface area contributed by atoms with E-state index in [1.54, 1.807) is 0 Å². The van der Waals surface area contributed by atoms with E-state index in [1.807, 2.05) is 18.2 Å². The first kappa shape index (κ1) is 12.7. The van der Waals surface area contributed by atoms with Crippen molar-refractivity contribution in [1.82, 2.24) is 0 Å². The summed E-state index contributed by atoms with van der Waals surface area (Å²) in [6.45, 7) is 0. The number of hydrogen-bond acceptors (Lipinski definition) is 1. The van der Waals surface area contributed by atoms with Crippen LogP contribution in [0.5, 0.6) is 5.75 Å². The summed E-state index contributed by atoms with van der Waals surface area (Å²) in [6.07, 6.45) is 1.96. The lowest BCUT2D eigenvalue weighted by Gasteiger charge is -2.06. The lowest BCUT2D eigenvalue weighted by molar-refractivity contribution is 0.468. The van der Waals surface area contributed by atoms with Gasteiger partial charge in [0.1, 0.15) is 5.75 Å². The van der Waals surface area contributed by atoms with Crippen LogP contribution in [0.4, 0.5) is 0 Å². The smallest absolute Gasteiger partial charge is 0.143 e. The lowest BCUT2D eigenvalue weighted by atomic mass is 10.0. The maximum Gasteiger partial charge on any atom is 0.143 e. The minimum absolute atomic E-state index is 0.258. The lowest BCUT2D eigenvalue weighted by Crippen LogP contribution is -1.91. The van der Waals surface area contributed by atoms with Crippen molar-refractivity contribution in [2.45, 2.75) is 12.8 Å². The third-order valence-electron chi connectivity index (χ3n) is 2.62. The summed E-state index contributed by atoms with van der Waals surface area (Å²) in [5.74, 6) is 0.258. The van der Waals surface area contributed by atoms with Crippen LogP contribution in [0.25, 0.3) is 0 Å². The minimum atomic E-state index is 0.258. The van der Waals surface area contributed by atoms with E-state index in [9.17, 15) is 5.11 Å². The largest absolute Gasteiger partial charge is 0.506 e. The quantitative estimate of drug-likeness (QED) is 0.845. The van der Waals surface area contributed by atoms with E-state index in [4.69, 9.17) is 0 Å². The highest BCUT2D eigenvalue weighted by atomic mass is 79.9. The van der Waals surface area contributed by atoms with Gasteiger partial charge in [-0.3, -0.25) is 0 Å². The number of aromatic hydroxyl groups is 1. The molecule has 0 spiro atoms. The molecule has 88 valence electrons. The number of benzene rings is 2. The average Bonchev–Trinajstić information content (AvgIpc) is 2.34. The Hall–Kier alpha value is -0.800. The Bertz CT molecular complexity index is 486. The van der Waals surface area contributed by atoms with Crippen molar-refractivity contribution in [3.63, 3.8) is 0 Å². The van der Waals surface area contributed by atoms with Crippen molar-refractivity contribution < 1.29 is 5.11 Å². The topological polar surface area (TPSA) is 20.2 Å². The molecule has 2 aromatic carbocycles. The van der Waals surface area contributed by atoms with E-state index in [-0.39, 0.29) is 5.75 Å². The molecule has 0 bridgehead atoms. The number of phenolic OH excluding ortho intramolecular Hbond substituents is 1. The first-order valence-corrected chi connectivity index (χ1v) is 6.96. The molecule has 3 heteroatoms. The fourth-order valence-corrected chi connectivity index (χ4v) is 2.98. The number of rotatable bonds is 3. The molecule has 0 aliphatic carbocycles. The molecule has 0 atom stereocenters. The highest BCUT2D eigenvalue weighted by Crippen LogP contribution is 2.33. The SMILES string of the molecule is Oc1c(Br)cc(CCc2ccccc2)cc1Br. The van der Waals surface area contributed by atoms with Crippen LogP contribution in [0.15, 0.2) is 51.4 Å². The minimum Gasteiger partial charge on any atom is -0.506 e. The van der Waals surface area contributed by atoms with Crippen molar-refractivity contribution in [1.29, 1.82) is 0 Å². The van der Waals surface area contributed by atoms with Gasteiger partial charge >= 0.3 is 0 Å². The van der Waals surface area contributed by atoms with Crippen molar-refractivity contribution in [2.24, 2.45) is 0 Å². The molecule has 2 rings (SSSR count). The summed E-state index contributed by atoms with van der Waals surface area (Å²) in [4.78, 5) is 0. The molecule has 0 amide bonds. The molecule has 0 aliphatic heterocycles. The normalized spacial score (nSPS) is 10.5. The van der Waals surface area contributed by atoms with E-state index in [2.05, 4.69) is 56.1 Å². The molecule has 0 saturated heterocycles. The summed E-state index contributed by atoms with van der Waals surface area (Å²) in [6, 6.07) is 14.3. The third-order valence-corrected chi connectivity index (χ3v) is 3.83. The molecule has 0 unspecified atom stereocenters. The summed E-state index contributed by atoms with van der Waals surface area (Å²) in [5.41, 5.74) is 2.53. The molecular weight excluding hydrogens is 344 g/mol. The van der Waals surface area contributed by atoms with Gasteiger partial charge in [-0.05, 0) is 68.0 Å². The second-order valence-corrected chi connectivity index (χ2v) is 5.60. The van der Waals surface area contributed by atoms with Gasteiger partial charge in [0.05, 0.1) is 8.95 Å². The summed E-state index contributed by atoms with van der Waals surface area (Å²) < 4.78 is 1.46. The first-order chi connectivity index (χ1) is 8.16. The zero-order valence-electron chi connectivity index (χ0n) is 9.16. The van der Waals surface area contributed by atoms with Gasteiger partial charge in [-0.15, -0.1) is 0 Å². The van der Waals surface area contributed by atoms with Crippen LogP contribution in [0.3, 0.4) is 0 Å². The van der Waals surface area contributed by atoms with Gasteiger partial charge in [-0.25, -0.2) is 0 Å². The highest BCUT2D eigenvalue weighted by molar-refractivity contribution is 9.11. The molecular formula is C14H12Br2O. The number of halogens is 2. The Kier molecular flexibility index (Phi) is 4.24. The van der Waals surface area contributed by atoms with E-state index in [1.165, 1.54) is 11.1 Å². The summed E-state index contributed by atoms with van der Waals surface area (Å²) in [5, 5.41) is 9.62. The van der Waals surface area contributed by atoms with Gasteiger partial charge in [0.25, 0.3) is 0 Å². The van der Waals surface area contributed by atoms with Crippen LogP contribution in [0.1, 0.15) is 11.1 Å². The number of aryl methyl sites for hydroxylation is 2. The maximum atomic E-state index is 9.62. The van der Waals surface area contributed by atoms with Crippen LogP contribution in [0.2, 0.25) is 0 Å². The van der Waals surface area contributed by atoms with Crippen LogP contribution < -0.4 is 0 Å². The molecule has 0 aromatic heterocycles. The summed E-state index contributed by atoms with van der Waals surface area (Å²) in [7, 11) is 0. The molecule has 2 aromatic rings. The summed E-state index contributed by atoms with van der Waals surface area (Å²) >= 11 is 6.69. The molecule has 17 heavy (non-hydrogen) atoms. The predicted octanol–water partition coefficient (Wildman–Crippen LogP) is 4.70. The third kappa shape index (κ3) is 3.33. The second-order valence-electron chi connectivity index (χ2n) is 3.89.